The minimum Gasteiger partial charge on any atom is -0.393 e. The predicted molar refractivity (Wildman–Crippen MR) is 61.6 cm³/mol. The number of epoxide rings is 1. The summed E-state index contributed by atoms with van der Waals surface area (Å²) in [5, 5.41) is 18.5. The van der Waals surface area contributed by atoms with Gasteiger partial charge in [0.05, 0.1) is 6.61 Å². The van der Waals surface area contributed by atoms with Gasteiger partial charge in [0, 0.05) is 17.2 Å². The quantitative estimate of drug-likeness (QED) is 0.511. The third-order valence-electron chi connectivity index (χ3n) is 2.99. The fourth-order valence-corrected chi connectivity index (χ4v) is 1.92. The van der Waals surface area contributed by atoms with Crippen LogP contribution in [0.3, 0.4) is 0 Å². The van der Waals surface area contributed by atoms with Crippen molar-refractivity contribution in [3.05, 3.63) is 35.5 Å². The summed E-state index contributed by atoms with van der Waals surface area (Å²) in [5.74, 6) is 11.6. The lowest BCUT2D eigenvalue weighted by Crippen LogP contribution is -2.14. The number of hydrogen-bond donors (Lipinski definition) is 2. The van der Waals surface area contributed by atoms with Crippen molar-refractivity contribution in [2.75, 3.05) is 6.61 Å². The highest BCUT2D eigenvalue weighted by molar-refractivity contribution is 5.59. The van der Waals surface area contributed by atoms with Gasteiger partial charge >= 0.3 is 0 Å². The van der Waals surface area contributed by atoms with E-state index in [4.69, 9.17) is 9.84 Å². The second-order valence-electron chi connectivity index (χ2n) is 4.07. The third-order valence-corrected chi connectivity index (χ3v) is 2.99. The van der Waals surface area contributed by atoms with Crippen molar-refractivity contribution in [1.82, 2.24) is 0 Å². The molecule has 1 saturated heterocycles. The van der Waals surface area contributed by atoms with E-state index in [1.165, 1.54) is 6.08 Å². The van der Waals surface area contributed by atoms with Gasteiger partial charge in [-0.05, 0) is 12.2 Å². The Morgan fingerprint density at radius 2 is 2.35 bits per heavy atom. The van der Waals surface area contributed by atoms with Crippen LogP contribution in [-0.4, -0.2) is 34.6 Å². The zero-order chi connectivity index (χ0) is 11.9. The molecule has 1 spiro atoms. The highest BCUT2D eigenvalue weighted by atomic mass is 16.6. The van der Waals surface area contributed by atoms with Gasteiger partial charge in [0.2, 0.25) is 0 Å². The summed E-state index contributed by atoms with van der Waals surface area (Å²) >= 11 is 0. The molecule has 1 aliphatic heterocycles. The van der Waals surface area contributed by atoms with Crippen molar-refractivity contribution in [1.29, 1.82) is 0 Å². The SMILES string of the molecule is OC[C@H](O)/C1=C/C#C[C@@H]2O[C@@]23C=CC=C3C#C1. The molecule has 2 aliphatic carbocycles. The van der Waals surface area contributed by atoms with Crippen LogP contribution in [0.1, 0.15) is 0 Å². The Morgan fingerprint density at radius 3 is 3.18 bits per heavy atom. The molecular weight excluding hydrogens is 216 g/mol. The van der Waals surface area contributed by atoms with Crippen LogP contribution < -0.4 is 0 Å². The summed E-state index contributed by atoms with van der Waals surface area (Å²) in [7, 11) is 0. The lowest BCUT2D eigenvalue weighted by atomic mass is 9.99. The fourth-order valence-electron chi connectivity index (χ4n) is 1.92. The Labute approximate surface area is 99.1 Å². The van der Waals surface area contributed by atoms with Crippen molar-refractivity contribution < 1.29 is 14.9 Å². The average Bonchev–Trinajstić information content (AvgIpc) is 2.85. The lowest BCUT2D eigenvalue weighted by Gasteiger charge is -2.04. The molecule has 84 valence electrons. The van der Waals surface area contributed by atoms with Crippen LogP contribution >= 0.6 is 0 Å². The Balaban J connectivity index is 2.00. The molecule has 3 atom stereocenters. The molecule has 0 bridgehead atoms. The lowest BCUT2D eigenvalue weighted by molar-refractivity contribution is 0.126. The van der Waals surface area contributed by atoms with E-state index in [-0.39, 0.29) is 12.7 Å². The van der Waals surface area contributed by atoms with Crippen LogP contribution in [-0.2, 0) is 4.74 Å². The summed E-state index contributed by atoms with van der Waals surface area (Å²) in [5.41, 5.74) is 0.840. The van der Waals surface area contributed by atoms with Crippen molar-refractivity contribution >= 4 is 0 Å². The second kappa shape index (κ2) is 3.61. The standard InChI is InChI=1S/C14H10O3/c15-9-12(16)10-3-1-5-13-14(17-13)8-2-4-11(14)7-6-10/h2-4,8,12-13,15-16H,9H2/b10-3+/t12-,13-,14+/m0/s1. The minimum atomic E-state index is -0.974. The van der Waals surface area contributed by atoms with E-state index >= 15 is 0 Å². The molecule has 1 fully saturated rings. The number of allylic oxidation sites excluding steroid dienone is 3. The normalized spacial score (nSPS) is 36.2. The van der Waals surface area contributed by atoms with E-state index in [9.17, 15) is 5.11 Å². The zero-order valence-electron chi connectivity index (χ0n) is 8.97. The molecular formula is C14H10O3. The third kappa shape index (κ3) is 1.53. The molecule has 17 heavy (non-hydrogen) atoms. The van der Waals surface area contributed by atoms with Crippen LogP contribution in [0.25, 0.3) is 0 Å². The Hall–Kier alpha value is -1.78. The van der Waals surface area contributed by atoms with Crippen LogP contribution in [0.2, 0.25) is 0 Å². The first-order valence-electron chi connectivity index (χ1n) is 5.36. The van der Waals surface area contributed by atoms with Gasteiger partial charge in [-0.25, -0.2) is 0 Å². The summed E-state index contributed by atoms with van der Waals surface area (Å²) < 4.78 is 5.55. The molecule has 0 unspecified atom stereocenters. The molecule has 0 amide bonds. The Kier molecular flexibility index (Phi) is 2.21. The number of aliphatic hydroxyl groups is 2. The molecule has 0 aromatic carbocycles. The first-order chi connectivity index (χ1) is 8.26. The van der Waals surface area contributed by atoms with Gasteiger partial charge in [-0.3, -0.25) is 0 Å². The van der Waals surface area contributed by atoms with Gasteiger partial charge in [-0.2, -0.15) is 0 Å². The maximum Gasteiger partial charge on any atom is 0.158 e. The first-order valence-corrected chi connectivity index (χ1v) is 5.36. The van der Waals surface area contributed by atoms with Crippen LogP contribution in [0.5, 0.6) is 0 Å². The maximum atomic E-state index is 9.55. The summed E-state index contributed by atoms with van der Waals surface area (Å²) in [4.78, 5) is 0. The topological polar surface area (TPSA) is 53.0 Å². The molecule has 1 heterocycles. The average molecular weight is 226 g/mol. The van der Waals surface area contributed by atoms with E-state index in [0.717, 1.165) is 5.57 Å². The van der Waals surface area contributed by atoms with Crippen molar-refractivity contribution in [2.45, 2.75) is 17.8 Å². The molecule has 0 radical (unpaired) electrons. The first kappa shape index (κ1) is 10.4. The molecule has 3 rings (SSSR count). The molecule has 0 saturated carbocycles. The monoisotopic (exact) mass is 226 g/mol. The highest BCUT2D eigenvalue weighted by Gasteiger charge is 2.57. The smallest absolute Gasteiger partial charge is 0.158 e. The Bertz CT molecular complexity index is 574. The number of ether oxygens (including phenoxy) is 1. The largest absolute Gasteiger partial charge is 0.393 e. The number of hydrogen-bond acceptors (Lipinski definition) is 3. The van der Waals surface area contributed by atoms with E-state index in [1.54, 1.807) is 0 Å². The molecule has 3 heteroatoms. The summed E-state index contributed by atoms with van der Waals surface area (Å²) in [6, 6.07) is 0. The molecule has 0 aromatic rings. The molecule has 2 N–H and O–H groups in total. The van der Waals surface area contributed by atoms with E-state index < -0.39 is 11.7 Å². The van der Waals surface area contributed by atoms with Gasteiger partial charge < -0.3 is 14.9 Å². The minimum absolute atomic E-state index is 0.149. The summed E-state index contributed by atoms with van der Waals surface area (Å²) in [6.45, 7) is -0.357. The van der Waals surface area contributed by atoms with Gasteiger partial charge in [0.25, 0.3) is 0 Å². The van der Waals surface area contributed by atoms with Crippen molar-refractivity contribution in [3.8, 4) is 23.7 Å². The van der Waals surface area contributed by atoms with E-state index in [0.29, 0.717) is 5.57 Å². The molecule has 0 aromatic heterocycles. The van der Waals surface area contributed by atoms with Gasteiger partial charge in [-0.1, -0.05) is 29.8 Å². The van der Waals surface area contributed by atoms with Crippen LogP contribution in [0, 0.1) is 23.7 Å². The zero-order valence-corrected chi connectivity index (χ0v) is 8.97. The molecule has 3 aliphatic rings. The highest BCUT2D eigenvalue weighted by Crippen LogP contribution is 2.46. The van der Waals surface area contributed by atoms with Gasteiger partial charge in [-0.15, -0.1) is 0 Å². The summed E-state index contributed by atoms with van der Waals surface area (Å²) in [6.07, 6.45) is 6.15. The van der Waals surface area contributed by atoms with Crippen LogP contribution in [0.4, 0.5) is 0 Å². The van der Waals surface area contributed by atoms with Crippen LogP contribution in [0.15, 0.2) is 35.5 Å². The van der Waals surface area contributed by atoms with Crippen molar-refractivity contribution in [3.63, 3.8) is 0 Å². The van der Waals surface area contributed by atoms with Crippen molar-refractivity contribution in [2.24, 2.45) is 0 Å². The number of rotatable bonds is 2. The fraction of sp³-hybridized carbons (Fsp3) is 0.286. The maximum absolute atomic E-state index is 9.55. The Morgan fingerprint density at radius 1 is 1.47 bits per heavy atom. The van der Waals surface area contributed by atoms with Gasteiger partial charge in [0.15, 0.2) is 11.7 Å². The van der Waals surface area contributed by atoms with E-state index in [2.05, 4.69) is 23.7 Å². The molecule has 3 nitrogen and oxygen atoms in total. The predicted octanol–water partition coefficient (Wildman–Crippen LogP) is -0.0798. The number of aliphatic hydroxyl groups excluding tert-OH is 2. The van der Waals surface area contributed by atoms with Gasteiger partial charge in [0.1, 0.15) is 6.10 Å². The second-order valence-corrected chi connectivity index (χ2v) is 4.07. The van der Waals surface area contributed by atoms with E-state index in [1.807, 2.05) is 18.2 Å².